The van der Waals surface area contributed by atoms with Gasteiger partial charge in [0, 0.05) is 58.9 Å². The Hall–Kier alpha value is -6.96. The van der Waals surface area contributed by atoms with Crippen molar-refractivity contribution in [3.8, 4) is 51.2 Å². The lowest BCUT2D eigenvalue weighted by molar-refractivity contribution is 0.669. The van der Waals surface area contributed by atoms with Crippen LogP contribution in [0.2, 0.25) is 0 Å². The van der Waals surface area contributed by atoms with E-state index < -0.39 is 0 Å². The van der Waals surface area contributed by atoms with Crippen molar-refractivity contribution in [1.82, 2.24) is 24.5 Å². The summed E-state index contributed by atoms with van der Waals surface area (Å²) in [6, 6.07) is 56.1. The fourth-order valence-corrected chi connectivity index (χ4v) is 8.74. The van der Waals surface area contributed by atoms with E-state index in [0.717, 1.165) is 81.5 Å². The van der Waals surface area contributed by atoms with Crippen molar-refractivity contribution in [1.29, 1.82) is 0 Å². The number of imidazole rings is 1. The second kappa shape index (κ2) is 11.8. The Kier molecular flexibility index (Phi) is 6.62. The predicted molar refractivity (Wildman–Crippen MR) is 216 cm³/mol. The van der Waals surface area contributed by atoms with E-state index in [9.17, 15) is 0 Å². The van der Waals surface area contributed by atoms with Gasteiger partial charge in [0.1, 0.15) is 17.0 Å². The molecular weight excluding hydrogens is 671 g/mol. The van der Waals surface area contributed by atoms with Crippen molar-refractivity contribution in [2.45, 2.75) is 0 Å². The Morgan fingerprint density at radius 3 is 1.89 bits per heavy atom. The maximum Gasteiger partial charge on any atom is 0.165 e. The van der Waals surface area contributed by atoms with Gasteiger partial charge < -0.3 is 4.42 Å². The van der Waals surface area contributed by atoms with Gasteiger partial charge in [-0.2, -0.15) is 0 Å². The van der Waals surface area contributed by atoms with Gasteiger partial charge in [0.25, 0.3) is 0 Å². The Balaban J connectivity index is 1.14. The number of aromatic nitrogens is 5. The molecule has 248 valence electrons. The summed E-state index contributed by atoms with van der Waals surface area (Å²) >= 11 is 1.76. The third-order valence-electron chi connectivity index (χ3n) is 9.88. The van der Waals surface area contributed by atoms with Crippen LogP contribution < -0.4 is 0 Å². The van der Waals surface area contributed by atoms with Crippen molar-refractivity contribution in [3.63, 3.8) is 0 Å². The fraction of sp³-hybridized carbons (Fsp3) is 0. The first-order valence-corrected chi connectivity index (χ1v) is 18.3. The van der Waals surface area contributed by atoms with Gasteiger partial charge in [-0.1, -0.05) is 103 Å². The average Bonchev–Trinajstić information content (AvgIpc) is 3.92. The molecule has 0 unspecified atom stereocenters. The molecule has 0 aliphatic heterocycles. The molecule has 7 aromatic carbocycles. The van der Waals surface area contributed by atoms with Crippen LogP contribution in [0.15, 0.2) is 168 Å². The molecule has 53 heavy (non-hydrogen) atoms. The van der Waals surface area contributed by atoms with Gasteiger partial charge in [-0.15, -0.1) is 11.3 Å². The lowest BCUT2D eigenvalue weighted by atomic mass is 10.1. The summed E-state index contributed by atoms with van der Waals surface area (Å²) in [5.41, 5.74) is 8.66. The maximum absolute atomic E-state index is 6.14. The number of hydrogen-bond acceptors (Lipinski definition) is 6. The molecule has 11 rings (SSSR count). The van der Waals surface area contributed by atoms with Crippen molar-refractivity contribution in [2.24, 2.45) is 0 Å². The number of benzene rings is 7. The highest BCUT2D eigenvalue weighted by atomic mass is 32.1. The molecule has 0 fully saturated rings. The van der Waals surface area contributed by atoms with Gasteiger partial charge in [-0.3, -0.25) is 4.57 Å². The molecule has 4 heterocycles. The highest BCUT2D eigenvalue weighted by Crippen LogP contribution is 2.44. The predicted octanol–water partition coefficient (Wildman–Crippen LogP) is 12.1. The van der Waals surface area contributed by atoms with E-state index >= 15 is 0 Å². The zero-order chi connectivity index (χ0) is 34.9. The van der Waals surface area contributed by atoms with Crippen LogP contribution in [0, 0.1) is 0 Å². The molecule has 0 saturated carbocycles. The number of furan rings is 1. The van der Waals surface area contributed by atoms with Crippen LogP contribution >= 0.6 is 11.3 Å². The minimum absolute atomic E-state index is 0.608. The van der Waals surface area contributed by atoms with Crippen molar-refractivity contribution < 1.29 is 4.42 Å². The van der Waals surface area contributed by atoms with Gasteiger partial charge in [0.05, 0.1) is 11.0 Å². The summed E-state index contributed by atoms with van der Waals surface area (Å²) < 4.78 is 10.7. The Morgan fingerprint density at radius 2 is 1.06 bits per heavy atom. The van der Waals surface area contributed by atoms with Crippen LogP contribution in [0.1, 0.15) is 0 Å². The Labute approximate surface area is 307 Å². The zero-order valence-corrected chi connectivity index (χ0v) is 29.0. The number of thiophene rings is 1. The number of nitrogens with zero attached hydrogens (tertiary/aromatic N) is 5. The largest absolute Gasteiger partial charge is 0.456 e. The minimum Gasteiger partial charge on any atom is -0.456 e. The monoisotopic (exact) mass is 697 g/mol. The SMILES string of the molecule is c1ccc(-c2nc(-c3ccc4oc5ccccc5c4c3)nc(-c3cccc4c3sc3c(-c5nc6ccccc6n5-c5ccccc5)cccc34)n2)cc1. The summed E-state index contributed by atoms with van der Waals surface area (Å²) in [6.45, 7) is 0. The molecule has 0 saturated heterocycles. The average molecular weight is 698 g/mol. The fourth-order valence-electron chi connectivity index (χ4n) is 7.42. The highest BCUT2D eigenvalue weighted by molar-refractivity contribution is 7.26. The summed E-state index contributed by atoms with van der Waals surface area (Å²) in [4.78, 5) is 20.6. The lowest BCUT2D eigenvalue weighted by Crippen LogP contribution is -2.00. The topological polar surface area (TPSA) is 69.6 Å². The van der Waals surface area contributed by atoms with E-state index in [0.29, 0.717) is 17.5 Å². The van der Waals surface area contributed by atoms with Gasteiger partial charge in [-0.05, 0) is 60.7 Å². The quantitative estimate of drug-likeness (QED) is 0.179. The Morgan fingerprint density at radius 1 is 0.434 bits per heavy atom. The molecule has 0 N–H and O–H groups in total. The van der Waals surface area contributed by atoms with E-state index in [1.807, 2.05) is 72.8 Å². The first kappa shape index (κ1) is 29.7. The van der Waals surface area contributed by atoms with Crippen LogP contribution in [0.25, 0.3) is 104 Å². The van der Waals surface area contributed by atoms with Crippen molar-refractivity contribution >= 4 is 64.5 Å². The van der Waals surface area contributed by atoms with E-state index in [-0.39, 0.29) is 0 Å². The summed E-state index contributed by atoms with van der Waals surface area (Å²) in [5, 5.41) is 4.42. The third kappa shape index (κ3) is 4.79. The molecule has 0 amide bonds. The Bertz CT molecular complexity index is 3180. The van der Waals surface area contributed by atoms with Gasteiger partial charge in [-0.25, -0.2) is 19.9 Å². The standard InChI is InChI=1S/C46H27N5OS/c1-3-13-28(14-4-1)43-48-44(29-25-26-40-36(27-29)31-17-7-10-24-39(31)52-40)50-45(49-43)34-20-11-18-32-33-19-12-21-35(42(33)53-41(32)34)46-47-37-22-8-9-23-38(37)51(46)30-15-5-2-6-16-30/h1-27H. The highest BCUT2D eigenvalue weighted by Gasteiger charge is 2.21. The van der Waals surface area contributed by atoms with Crippen LogP contribution in [-0.4, -0.2) is 24.5 Å². The van der Waals surface area contributed by atoms with Crippen LogP contribution in [0.5, 0.6) is 0 Å². The molecule has 0 bridgehead atoms. The van der Waals surface area contributed by atoms with Crippen molar-refractivity contribution in [2.75, 3.05) is 0 Å². The second-order valence-electron chi connectivity index (χ2n) is 13.0. The van der Waals surface area contributed by atoms with Crippen LogP contribution in [0.3, 0.4) is 0 Å². The molecule has 0 radical (unpaired) electrons. The second-order valence-corrected chi connectivity index (χ2v) is 14.1. The first-order valence-electron chi connectivity index (χ1n) is 17.5. The van der Waals surface area contributed by atoms with E-state index in [1.54, 1.807) is 11.3 Å². The molecule has 7 heteroatoms. The number of rotatable bonds is 5. The van der Waals surface area contributed by atoms with Gasteiger partial charge in [0.2, 0.25) is 0 Å². The van der Waals surface area contributed by atoms with Gasteiger partial charge in [0.15, 0.2) is 17.5 Å². The van der Waals surface area contributed by atoms with Crippen LogP contribution in [-0.2, 0) is 0 Å². The lowest BCUT2D eigenvalue weighted by Gasteiger charge is -2.10. The first-order chi connectivity index (χ1) is 26.3. The van der Waals surface area contributed by atoms with Crippen LogP contribution in [0.4, 0.5) is 0 Å². The molecule has 6 nitrogen and oxygen atoms in total. The number of para-hydroxylation sites is 4. The molecular formula is C46H27N5OS. The van der Waals surface area contributed by atoms with E-state index in [2.05, 4.69) is 95.6 Å². The number of fused-ring (bicyclic) bond motifs is 7. The summed E-state index contributed by atoms with van der Waals surface area (Å²) in [5.74, 6) is 2.77. The maximum atomic E-state index is 6.14. The summed E-state index contributed by atoms with van der Waals surface area (Å²) in [7, 11) is 0. The third-order valence-corrected chi connectivity index (χ3v) is 11.2. The van der Waals surface area contributed by atoms with E-state index in [4.69, 9.17) is 24.4 Å². The molecule has 0 spiro atoms. The molecule has 0 aliphatic rings. The normalized spacial score (nSPS) is 11.8. The molecule has 11 aromatic rings. The molecule has 4 aromatic heterocycles. The van der Waals surface area contributed by atoms with E-state index in [1.165, 1.54) is 5.39 Å². The zero-order valence-electron chi connectivity index (χ0n) is 28.1. The minimum atomic E-state index is 0.608. The molecule has 0 atom stereocenters. The smallest absolute Gasteiger partial charge is 0.165 e. The van der Waals surface area contributed by atoms with Gasteiger partial charge >= 0.3 is 0 Å². The van der Waals surface area contributed by atoms with Crippen molar-refractivity contribution in [3.05, 3.63) is 164 Å². The summed E-state index contributed by atoms with van der Waals surface area (Å²) in [6.07, 6.45) is 0. The number of hydrogen-bond donors (Lipinski definition) is 0. The molecule has 0 aliphatic carbocycles.